The van der Waals surface area contributed by atoms with Crippen LogP contribution in [0.5, 0.6) is 0 Å². The number of carboxylic acid groups (broad SMARTS) is 4. The quantitative estimate of drug-likeness (QED) is 0.0330. The first-order chi connectivity index (χ1) is 39.1. The van der Waals surface area contributed by atoms with Crippen LogP contribution in [0.1, 0.15) is 387 Å². The van der Waals surface area contributed by atoms with Crippen molar-refractivity contribution < 1.29 is 66.9 Å². The van der Waals surface area contributed by atoms with E-state index in [2.05, 4.69) is 76.3 Å². The molecule has 0 heterocycles. The maximum Gasteiger partial charge on any atom is 2.00 e. The van der Waals surface area contributed by atoms with Crippen LogP contribution in [-0.4, -0.2) is 51.2 Å². The zero-order chi connectivity index (χ0) is 59.6. The van der Waals surface area contributed by atoms with Crippen molar-refractivity contribution in [3.05, 3.63) is 48.6 Å². The zero-order valence-corrected chi connectivity index (χ0v) is 62.6. The van der Waals surface area contributed by atoms with Crippen LogP contribution in [-0.2, 0) is 46.5 Å². The maximum atomic E-state index is 10.2. The van der Waals surface area contributed by atoms with Crippen LogP contribution in [0, 0.1) is 0 Å². The Balaban J connectivity index is -0.000000233. The van der Waals surface area contributed by atoms with E-state index in [4.69, 9.17) is 0 Å². The third kappa shape index (κ3) is 107. The predicted octanol–water partition coefficient (Wildman–Crippen LogP) is 18.7. The first-order valence-electron chi connectivity index (χ1n) is 34.5. The number of carbonyl (C=O) groups excluding carboxylic acids is 4. The van der Waals surface area contributed by atoms with Crippen molar-refractivity contribution >= 4 is 51.2 Å². The Kier molecular flexibility index (Phi) is 99.1. The van der Waals surface area contributed by atoms with Gasteiger partial charge in [-0.2, -0.15) is 0 Å². The van der Waals surface area contributed by atoms with E-state index in [9.17, 15) is 39.6 Å². The van der Waals surface area contributed by atoms with E-state index in [0.29, 0.717) is 0 Å². The van der Waals surface area contributed by atoms with Gasteiger partial charge >= 0.3 is 54.6 Å². The van der Waals surface area contributed by atoms with Crippen molar-refractivity contribution in [2.45, 2.75) is 387 Å². The molecule has 0 aromatic rings. The molecule has 0 aliphatic carbocycles. The molecule has 82 heavy (non-hydrogen) atoms. The van der Waals surface area contributed by atoms with Crippen molar-refractivity contribution in [3.8, 4) is 0 Å². The van der Waals surface area contributed by atoms with E-state index in [0.717, 1.165) is 77.0 Å². The number of unbranched alkanes of at least 4 members (excludes halogenated alkanes) is 44. The van der Waals surface area contributed by atoms with Gasteiger partial charge in [0, 0.05) is 23.9 Å². The molecule has 0 amide bonds. The van der Waals surface area contributed by atoms with Crippen molar-refractivity contribution in [1.29, 1.82) is 0 Å². The second-order valence-corrected chi connectivity index (χ2v) is 22.8. The fourth-order valence-corrected chi connectivity index (χ4v) is 9.36. The molecule has 0 aliphatic heterocycles. The Hall–Kier alpha value is -1.32. The van der Waals surface area contributed by atoms with Crippen LogP contribution in [0.4, 0.5) is 0 Å². The van der Waals surface area contributed by atoms with E-state index in [-0.39, 0.29) is 80.3 Å². The van der Waals surface area contributed by atoms with Gasteiger partial charge in [0.1, 0.15) is 0 Å². The molecule has 0 N–H and O–H groups in total. The van der Waals surface area contributed by atoms with Gasteiger partial charge in [0.25, 0.3) is 0 Å². The second-order valence-electron chi connectivity index (χ2n) is 22.8. The summed E-state index contributed by atoms with van der Waals surface area (Å²) in [6.45, 7) is 9.02. The number of carboxylic acids is 4. The summed E-state index contributed by atoms with van der Waals surface area (Å²) in [5.41, 5.74) is 0. The van der Waals surface area contributed by atoms with Gasteiger partial charge in [0.15, 0.2) is 0 Å². The minimum absolute atomic E-state index is 0. The topological polar surface area (TPSA) is 161 Å². The number of rotatable bonds is 60. The monoisotopic (exact) mass is 1450 g/mol. The summed E-state index contributed by atoms with van der Waals surface area (Å²) < 4.78 is 0. The van der Waals surface area contributed by atoms with Crippen molar-refractivity contribution in [3.63, 3.8) is 0 Å². The minimum atomic E-state index is -0.914. The van der Waals surface area contributed by atoms with Crippen LogP contribution < -0.4 is 20.4 Å². The summed E-state index contributed by atoms with van der Waals surface area (Å²) >= 11 is 0. The van der Waals surface area contributed by atoms with Crippen LogP contribution >= 0.6 is 0 Å². The summed E-state index contributed by atoms with van der Waals surface area (Å²) in [4.78, 5) is 40.9. The molecule has 0 aromatic heterocycles. The van der Waals surface area contributed by atoms with Crippen molar-refractivity contribution in [1.82, 2.24) is 0 Å². The summed E-state index contributed by atoms with van der Waals surface area (Å²) in [5, 5.41) is 40.9. The zero-order valence-electron chi connectivity index (χ0n) is 54.7. The molecule has 474 valence electrons. The molecule has 0 aromatic carbocycles. The normalized spacial score (nSPS) is 11.0. The van der Waals surface area contributed by atoms with E-state index in [1.807, 2.05) is 0 Å². The van der Waals surface area contributed by atoms with E-state index >= 15 is 0 Å². The average Bonchev–Trinajstić information content (AvgIpc) is 3.43. The van der Waals surface area contributed by atoms with Crippen LogP contribution in [0.25, 0.3) is 0 Å². The fraction of sp³-hybridized carbons (Fsp3) is 0.833. The van der Waals surface area contributed by atoms with Crippen LogP contribution in [0.3, 0.4) is 0 Å². The molecular formula is C72H132CdO8Pb. The van der Waals surface area contributed by atoms with E-state index in [1.165, 1.54) is 257 Å². The van der Waals surface area contributed by atoms with E-state index in [1.54, 1.807) is 0 Å². The molecule has 0 atom stereocenters. The van der Waals surface area contributed by atoms with Crippen molar-refractivity contribution in [2.75, 3.05) is 0 Å². The molecule has 0 spiro atoms. The molecule has 0 rings (SSSR count). The SMILES string of the molecule is CCCCCCCC/C=C\CCCCCCCC(=O)[O-].CCCCCCCC/C=C\CCCCCCCC(=O)[O-].CCCCCCCC/C=C\CCCCCCCC(=O)[O-].CCCCCCCC/C=C\CCCCCCCC(=O)[O-].[Cd+2].[Pb+2]. The fourth-order valence-electron chi connectivity index (χ4n) is 9.36. The van der Waals surface area contributed by atoms with E-state index < -0.39 is 23.9 Å². The third-order valence-corrected chi connectivity index (χ3v) is 14.6. The van der Waals surface area contributed by atoms with Gasteiger partial charge in [-0.15, -0.1) is 0 Å². The first kappa shape index (κ1) is 91.8. The molecular weight excluding hydrogens is 1310 g/mol. The van der Waals surface area contributed by atoms with Gasteiger partial charge in [-0.05, 0) is 154 Å². The summed E-state index contributed by atoms with van der Waals surface area (Å²) in [6, 6.07) is 0. The van der Waals surface area contributed by atoms with Crippen LogP contribution in [0.15, 0.2) is 48.6 Å². The molecule has 0 aliphatic rings. The number of hydrogen-bond acceptors (Lipinski definition) is 8. The van der Waals surface area contributed by atoms with Gasteiger partial charge in [-0.25, -0.2) is 0 Å². The van der Waals surface area contributed by atoms with Gasteiger partial charge in [0.2, 0.25) is 0 Å². The Labute approximate surface area is 549 Å². The molecule has 8 nitrogen and oxygen atoms in total. The Bertz CT molecular complexity index is 1150. The second kappa shape index (κ2) is 88.4. The Morgan fingerprint density at radius 2 is 0.317 bits per heavy atom. The van der Waals surface area contributed by atoms with Crippen molar-refractivity contribution in [2.24, 2.45) is 0 Å². The smallest absolute Gasteiger partial charge is 0.550 e. The molecule has 10 heteroatoms. The summed E-state index contributed by atoms with van der Waals surface area (Å²) in [6.07, 6.45) is 83.6. The number of aliphatic carboxylic acids is 4. The maximum absolute atomic E-state index is 10.2. The molecule has 0 bridgehead atoms. The standard InChI is InChI=1S/4C18H34O2.Cd.Pb/c4*1-2-3-4-5-6-7-8-9-10-11-12-13-14-15-16-17-18(19)20;;/h4*9-10H,2-8,11-17H2,1H3,(H,19,20);;/q;;;;2*+2/p-4/b4*10-9-;;. The minimum Gasteiger partial charge on any atom is -0.550 e. The summed E-state index contributed by atoms with van der Waals surface area (Å²) in [7, 11) is 0. The molecule has 0 fully saturated rings. The first-order valence-corrected chi connectivity index (χ1v) is 34.5. The number of allylic oxidation sites excluding steroid dienone is 8. The number of hydrogen-bond donors (Lipinski definition) is 0. The largest absolute Gasteiger partial charge is 2.00 e. The van der Waals surface area contributed by atoms with Gasteiger partial charge in [-0.1, -0.05) is 282 Å². The van der Waals surface area contributed by atoms with Gasteiger partial charge in [-0.3, -0.25) is 0 Å². The molecule has 0 unspecified atom stereocenters. The molecule has 2 radical (unpaired) electrons. The molecule has 0 saturated carbocycles. The average molecular weight is 1450 g/mol. The number of carbonyl (C=O) groups is 4. The Morgan fingerprint density at radius 3 is 0.439 bits per heavy atom. The predicted molar refractivity (Wildman–Crippen MR) is 344 cm³/mol. The Morgan fingerprint density at radius 1 is 0.207 bits per heavy atom. The van der Waals surface area contributed by atoms with Crippen LogP contribution in [0.2, 0.25) is 0 Å². The summed E-state index contributed by atoms with van der Waals surface area (Å²) in [5.74, 6) is -3.66. The van der Waals surface area contributed by atoms with Gasteiger partial charge < -0.3 is 39.6 Å². The molecule has 0 saturated heterocycles. The third-order valence-electron chi connectivity index (χ3n) is 14.6. The van der Waals surface area contributed by atoms with Gasteiger partial charge in [0.05, 0.1) is 0 Å².